The zero-order valence-corrected chi connectivity index (χ0v) is 7.64. The van der Waals surface area contributed by atoms with Crippen LogP contribution in [-0.2, 0) is 0 Å². The maximum Gasteiger partial charge on any atom is 0.0275 e. The zero-order chi connectivity index (χ0) is 8.27. The third-order valence-electron chi connectivity index (χ3n) is 2.98. The quantitative estimate of drug-likeness (QED) is 0.613. The fraction of sp³-hybridized carbons (Fsp3) is 0.800. The normalized spacial score (nSPS) is 33.6. The highest BCUT2D eigenvalue weighted by Crippen LogP contribution is 2.33. The first-order valence-electron chi connectivity index (χ1n) is 4.59. The number of nitrogens with one attached hydrogen (secondary N) is 1. The van der Waals surface area contributed by atoms with Crippen LogP contribution in [0, 0.1) is 11.8 Å². The van der Waals surface area contributed by atoms with E-state index in [1.165, 1.54) is 19.3 Å². The van der Waals surface area contributed by atoms with Crippen molar-refractivity contribution in [3.63, 3.8) is 0 Å². The van der Waals surface area contributed by atoms with Crippen molar-refractivity contribution in [3.05, 3.63) is 12.7 Å². The lowest BCUT2D eigenvalue weighted by Crippen LogP contribution is -2.32. The summed E-state index contributed by atoms with van der Waals surface area (Å²) >= 11 is 0. The van der Waals surface area contributed by atoms with Crippen LogP contribution in [0.15, 0.2) is 12.7 Å². The first-order valence-corrected chi connectivity index (χ1v) is 4.59. The number of likely N-dealkylation sites (N-methyl/N-ethyl adjacent to an activating group) is 1. The van der Waals surface area contributed by atoms with Gasteiger partial charge in [0.25, 0.3) is 0 Å². The minimum absolute atomic E-state index is 0.535. The second-order valence-electron chi connectivity index (χ2n) is 3.62. The van der Waals surface area contributed by atoms with Crippen LogP contribution in [0.3, 0.4) is 0 Å². The predicted molar refractivity (Wildman–Crippen MR) is 49.5 cm³/mol. The molecule has 1 nitrogen and oxygen atoms in total. The standard InChI is InChI=1S/C10H19N/c1-4-10(11-3)9-7-5-6-8(9)2/h4,8-11H,1,5-7H2,2-3H3. The average Bonchev–Trinajstić information content (AvgIpc) is 2.40. The second-order valence-corrected chi connectivity index (χ2v) is 3.62. The zero-order valence-electron chi connectivity index (χ0n) is 7.64. The van der Waals surface area contributed by atoms with Gasteiger partial charge in [0.1, 0.15) is 0 Å². The van der Waals surface area contributed by atoms with Gasteiger partial charge in [-0.15, -0.1) is 6.58 Å². The van der Waals surface area contributed by atoms with Crippen LogP contribution in [0.5, 0.6) is 0 Å². The van der Waals surface area contributed by atoms with E-state index in [9.17, 15) is 0 Å². The molecule has 0 heterocycles. The van der Waals surface area contributed by atoms with Gasteiger partial charge in [-0.2, -0.15) is 0 Å². The fourth-order valence-electron chi connectivity index (χ4n) is 2.21. The van der Waals surface area contributed by atoms with Gasteiger partial charge in [0.05, 0.1) is 0 Å². The van der Waals surface area contributed by atoms with E-state index in [1.54, 1.807) is 0 Å². The first kappa shape index (κ1) is 8.79. The smallest absolute Gasteiger partial charge is 0.0275 e. The summed E-state index contributed by atoms with van der Waals surface area (Å²) < 4.78 is 0. The van der Waals surface area contributed by atoms with E-state index < -0.39 is 0 Å². The van der Waals surface area contributed by atoms with Gasteiger partial charge in [0.15, 0.2) is 0 Å². The number of rotatable bonds is 3. The van der Waals surface area contributed by atoms with Crippen molar-refractivity contribution >= 4 is 0 Å². The van der Waals surface area contributed by atoms with Gasteiger partial charge in [0, 0.05) is 6.04 Å². The first-order chi connectivity index (χ1) is 5.29. The molecule has 11 heavy (non-hydrogen) atoms. The van der Waals surface area contributed by atoms with Crippen LogP contribution >= 0.6 is 0 Å². The monoisotopic (exact) mass is 153 g/mol. The molecule has 0 saturated heterocycles. The lowest BCUT2D eigenvalue weighted by molar-refractivity contribution is 0.351. The molecule has 0 radical (unpaired) electrons. The van der Waals surface area contributed by atoms with Gasteiger partial charge in [-0.3, -0.25) is 0 Å². The molecule has 0 aliphatic heterocycles. The molecule has 0 aromatic carbocycles. The predicted octanol–water partition coefficient (Wildman–Crippen LogP) is 2.20. The van der Waals surface area contributed by atoms with Crippen molar-refractivity contribution in [2.45, 2.75) is 32.2 Å². The Morgan fingerprint density at radius 3 is 2.64 bits per heavy atom. The lowest BCUT2D eigenvalue weighted by Gasteiger charge is -2.23. The third kappa shape index (κ3) is 1.84. The van der Waals surface area contributed by atoms with Crippen LogP contribution < -0.4 is 5.32 Å². The Morgan fingerprint density at radius 2 is 2.27 bits per heavy atom. The molecule has 1 rings (SSSR count). The van der Waals surface area contributed by atoms with Gasteiger partial charge in [-0.1, -0.05) is 25.8 Å². The maximum absolute atomic E-state index is 3.85. The highest BCUT2D eigenvalue weighted by atomic mass is 14.9. The minimum atomic E-state index is 0.535. The maximum atomic E-state index is 3.85. The summed E-state index contributed by atoms with van der Waals surface area (Å²) in [5, 5.41) is 3.31. The van der Waals surface area contributed by atoms with Crippen molar-refractivity contribution in [2.24, 2.45) is 11.8 Å². The van der Waals surface area contributed by atoms with Crippen molar-refractivity contribution in [2.75, 3.05) is 7.05 Å². The largest absolute Gasteiger partial charge is 0.313 e. The van der Waals surface area contributed by atoms with E-state index in [1.807, 2.05) is 13.1 Å². The highest BCUT2D eigenvalue weighted by molar-refractivity contribution is 4.94. The van der Waals surface area contributed by atoms with Crippen molar-refractivity contribution < 1.29 is 0 Å². The molecule has 0 spiro atoms. The number of hydrogen-bond acceptors (Lipinski definition) is 1. The SMILES string of the molecule is C=CC(NC)C1CCCC1C. The van der Waals surface area contributed by atoms with Gasteiger partial charge in [0.2, 0.25) is 0 Å². The third-order valence-corrected chi connectivity index (χ3v) is 2.98. The Kier molecular flexibility index (Phi) is 3.13. The van der Waals surface area contributed by atoms with E-state index in [0.717, 1.165) is 11.8 Å². The number of hydrogen-bond donors (Lipinski definition) is 1. The van der Waals surface area contributed by atoms with E-state index in [-0.39, 0.29) is 0 Å². The highest BCUT2D eigenvalue weighted by Gasteiger charge is 2.27. The minimum Gasteiger partial charge on any atom is -0.313 e. The molecule has 0 aromatic heterocycles. The molecular formula is C10H19N. The van der Waals surface area contributed by atoms with Gasteiger partial charge in [-0.25, -0.2) is 0 Å². The molecule has 1 fully saturated rings. The van der Waals surface area contributed by atoms with Crippen LogP contribution in [0.2, 0.25) is 0 Å². The van der Waals surface area contributed by atoms with Crippen LogP contribution in [0.25, 0.3) is 0 Å². The van der Waals surface area contributed by atoms with Crippen molar-refractivity contribution in [3.8, 4) is 0 Å². The van der Waals surface area contributed by atoms with Gasteiger partial charge in [-0.05, 0) is 25.3 Å². The van der Waals surface area contributed by atoms with E-state index in [4.69, 9.17) is 0 Å². The lowest BCUT2D eigenvalue weighted by atomic mass is 9.90. The Bertz CT molecular complexity index is 131. The Morgan fingerprint density at radius 1 is 1.55 bits per heavy atom. The van der Waals surface area contributed by atoms with E-state index in [0.29, 0.717) is 6.04 Å². The summed E-state index contributed by atoms with van der Waals surface area (Å²) in [5.74, 6) is 1.71. The molecule has 1 saturated carbocycles. The molecule has 1 N–H and O–H groups in total. The summed E-state index contributed by atoms with van der Waals surface area (Å²) in [6.07, 6.45) is 6.22. The van der Waals surface area contributed by atoms with E-state index >= 15 is 0 Å². The molecular weight excluding hydrogens is 134 g/mol. The molecule has 1 aliphatic rings. The van der Waals surface area contributed by atoms with Crippen LogP contribution in [-0.4, -0.2) is 13.1 Å². The fourth-order valence-corrected chi connectivity index (χ4v) is 2.21. The molecule has 1 heteroatoms. The molecule has 1 aliphatic carbocycles. The summed E-state index contributed by atoms with van der Waals surface area (Å²) in [6, 6.07) is 0.535. The summed E-state index contributed by atoms with van der Waals surface area (Å²) in [7, 11) is 2.03. The summed E-state index contributed by atoms with van der Waals surface area (Å²) in [4.78, 5) is 0. The van der Waals surface area contributed by atoms with Crippen molar-refractivity contribution in [1.29, 1.82) is 0 Å². The van der Waals surface area contributed by atoms with Gasteiger partial charge < -0.3 is 5.32 Å². The topological polar surface area (TPSA) is 12.0 Å². The second kappa shape index (κ2) is 3.91. The molecule has 64 valence electrons. The molecule has 3 atom stereocenters. The van der Waals surface area contributed by atoms with Gasteiger partial charge >= 0.3 is 0 Å². The summed E-state index contributed by atoms with van der Waals surface area (Å²) in [5.41, 5.74) is 0. The molecule has 0 bridgehead atoms. The summed E-state index contributed by atoms with van der Waals surface area (Å²) in [6.45, 7) is 6.20. The Balaban J connectivity index is 2.49. The molecule has 0 aromatic rings. The Labute approximate surface area is 69.9 Å². The van der Waals surface area contributed by atoms with Crippen molar-refractivity contribution in [1.82, 2.24) is 5.32 Å². The van der Waals surface area contributed by atoms with Crippen LogP contribution in [0.4, 0.5) is 0 Å². The van der Waals surface area contributed by atoms with E-state index in [2.05, 4.69) is 18.8 Å². The average molecular weight is 153 g/mol. The van der Waals surface area contributed by atoms with Crippen LogP contribution in [0.1, 0.15) is 26.2 Å². The Hall–Kier alpha value is -0.300. The molecule has 3 unspecified atom stereocenters. The molecule has 0 amide bonds.